The average Bonchev–Trinajstić information content (AvgIpc) is 2.73. The molecule has 0 aromatic heterocycles. The first-order chi connectivity index (χ1) is 8.97. The van der Waals surface area contributed by atoms with E-state index < -0.39 is 0 Å². The summed E-state index contributed by atoms with van der Waals surface area (Å²) in [5.41, 5.74) is 1.12. The van der Waals surface area contributed by atoms with Crippen molar-refractivity contribution in [2.75, 3.05) is 0 Å². The topological polar surface area (TPSA) is 12.0 Å². The molecule has 0 aromatic carbocycles. The molecule has 3 aliphatic carbocycles. The molecule has 0 heterocycles. The van der Waals surface area contributed by atoms with Crippen molar-refractivity contribution in [3.05, 3.63) is 0 Å². The van der Waals surface area contributed by atoms with Gasteiger partial charge in [-0.2, -0.15) is 0 Å². The lowest BCUT2D eigenvalue weighted by Crippen LogP contribution is -2.49. The maximum Gasteiger partial charge on any atom is 0.0131 e. The van der Waals surface area contributed by atoms with Crippen LogP contribution in [0.5, 0.6) is 0 Å². The molecular weight excluding hydrogens is 230 g/mol. The Bertz CT molecular complexity index is 327. The molecule has 2 bridgehead atoms. The Balaban J connectivity index is 1.60. The summed E-state index contributed by atoms with van der Waals surface area (Å²) < 4.78 is 0. The van der Waals surface area contributed by atoms with Gasteiger partial charge in [-0.1, -0.05) is 34.1 Å². The van der Waals surface area contributed by atoms with E-state index in [2.05, 4.69) is 33.0 Å². The van der Waals surface area contributed by atoms with Gasteiger partial charge >= 0.3 is 0 Å². The van der Waals surface area contributed by atoms with Crippen molar-refractivity contribution in [3.8, 4) is 0 Å². The van der Waals surface area contributed by atoms with Gasteiger partial charge in [-0.25, -0.2) is 0 Å². The molecule has 0 radical (unpaired) electrons. The Morgan fingerprint density at radius 3 is 2.16 bits per heavy atom. The Morgan fingerprint density at radius 2 is 1.68 bits per heavy atom. The number of fused-ring (bicyclic) bond motifs is 2. The molecule has 3 saturated carbocycles. The summed E-state index contributed by atoms with van der Waals surface area (Å²) in [7, 11) is 0. The normalized spacial score (nSPS) is 48.6. The zero-order chi connectivity index (χ0) is 13.7. The Kier molecular flexibility index (Phi) is 3.48. The van der Waals surface area contributed by atoms with Crippen LogP contribution in [0.25, 0.3) is 0 Å². The standard InChI is InChI=1S/C18H33N/c1-5-13-6-8-15(9-7-13)19-16-12-14-10-11-18(16,4)17(14,2)3/h13-16,19H,5-12H2,1-4H3. The van der Waals surface area contributed by atoms with Crippen LogP contribution >= 0.6 is 0 Å². The second-order valence-corrected chi connectivity index (χ2v) is 8.46. The maximum atomic E-state index is 4.09. The van der Waals surface area contributed by atoms with E-state index in [0.717, 1.165) is 23.9 Å². The zero-order valence-electron chi connectivity index (χ0n) is 13.5. The Labute approximate surface area is 119 Å². The predicted octanol–water partition coefficient (Wildman–Crippen LogP) is 4.76. The Hall–Kier alpha value is -0.0400. The van der Waals surface area contributed by atoms with Crippen LogP contribution in [0.3, 0.4) is 0 Å². The molecule has 0 aliphatic heterocycles. The van der Waals surface area contributed by atoms with Crippen molar-refractivity contribution < 1.29 is 0 Å². The quantitative estimate of drug-likeness (QED) is 0.774. The van der Waals surface area contributed by atoms with E-state index in [4.69, 9.17) is 0 Å². The van der Waals surface area contributed by atoms with Gasteiger partial charge in [-0.15, -0.1) is 0 Å². The third-order valence-corrected chi connectivity index (χ3v) is 7.66. The van der Waals surface area contributed by atoms with Crippen molar-refractivity contribution in [1.82, 2.24) is 5.32 Å². The van der Waals surface area contributed by atoms with Gasteiger partial charge in [-0.3, -0.25) is 0 Å². The van der Waals surface area contributed by atoms with Crippen molar-refractivity contribution >= 4 is 0 Å². The van der Waals surface area contributed by atoms with Gasteiger partial charge in [0.25, 0.3) is 0 Å². The SMILES string of the molecule is CCC1CCC(NC2CC3CCC2(C)C3(C)C)CC1. The Morgan fingerprint density at radius 1 is 1.00 bits per heavy atom. The predicted molar refractivity (Wildman–Crippen MR) is 82.2 cm³/mol. The fraction of sp³-hybridized carbons (Fsp3) is 1.00. The van der Waals surface area contributed by atoms with E-state index in [0.29, 0.717) is 10.8 Å². The number of hydrogen-bond acceptors (Lipinski definition) is 1. The summed E-state index contributed by atoms with van der Waals surface area (Å²) in [6, 6.07) is 1.62. The van der Waals surface area contributed by atoms with Crippen molar-refractivity contribution in [3.63, 3.8) is 0 Å². The van der Waals surface area contributed by atoms with E-state index in [1.54, 1.807) is 0 Å². The van der Waals surface area contributed by atoms with Gasteiger partial charge in [0.05, 0.1) is 0 Å². The molecule has 0 aromatic rings. The molecule has 3 atom stereocenters. The highest BCUT2D eigenvalue weighted by Gasteiger charge is 2.61. The molecule has 3 rings (SSSR count). The molecule has 0 saturated heterocycles. The van der Waals surface area contributed by atoms with Crippen LogP contribution in [0.4, 0.5) is 0 Å². The van der Waals surface area contributed by atoms with Crippen LogP contribution in [0.15, 0.2) is 0 Å². The average molecular weight is 263 g/mol. The van der Waals surface area contributed by atoms with Crippen molar-refractivity contribution in [2.45, 2.75) is 91.1 Å². The summed E-state index contributed by atoms with van der Waals surface area (Å²) in [5, 5.41) is 4.09. The number of rotatable bonds is 3. The third kappa shape index (κ3) is 2.07. The highest BCUT2D eigenvalue weighted by Crippen LogP contribution is 2.65. The first-order valence-corrected chi connectivity index (χ1v) is 8.73. The smallest absolute Gasteiger partial charge is 0.0131 e. The fourth-order valence-corrected chi connectivity index (χ4v) is 5.48. The van der Waals surface area contributed by atoms with Crippen LogP contribution < -0.4 is 5.32 Å². The van der Waals surface area contributed by atoms with E-state index in [9.17, 15) is 0 Å². The number of hydrogen-bond donors (Lipinski definition) is 1. The maximum absolute atomic E-state index is 4.09. The fourth-order valence-electron chi connectivity index (χ4n) is 5.48. The molecule has 1 nitrogen and oxygen atoms in total. The van der Waals surface area contributed by atoms with Gasteiger partial charge in [-0.05, 0) is 67.6 Å². The molecule has 1 heteroatoms. The monoisotopic (exact) mass is 263 g/mol. The molecular formula is C18H33N. The first-order valence-electron chi connectivity index (χ1n) is 8.73. The summed E-state index contributed by atoms with van der Waals surface area (Å²) in [6.07, 6.45) is 11.5. The van der Waals surface area contributed by atoms with Crippen LogP contribution in [-0.4, -0.2) is 12.1 Å². The van der Waals surface area contributed by atoms with Crippen LogP contribution in [0.2, 0.25) is 0 Å². The van der Waals surface area contributed by atoms with Crippen LogP contribution in [0, 0.1) is 22.7 Å². The first kappa shape index (κ1) is 13.9. The van der Waals surface area contributed by atoms with Gasteiger partial charge in [0.15, 0.2) is 0 Å². The third-order valence-electron chi connectivity index (χ3n) is 7.66. The molecule has 19 heavy (non-hydrogen) atoms. The molecule has 0 amide bonds. The van der Waals surface area contributed by atoms with Crippen LogP contribution in [0.1, 0.15) is 79.1 Å². The molecule has 1 N–H and O–H groups in total. The molecule has 3 unspecified atom stereocenters. The van der Waals surface area contributed by atoms with Crippen LogP contribution in [-0.2, 0) is 0 Å². The minimum absolute atomic E-state index is 0.555. The second-order valence-electron chi connectivity index (χ2n) is 8.46. The van der Waals surface area contributed by atoms with Gasteiger partial charge in [0, 0.05) is 12.1 Å². The summed E-state index contributed by atoms with van der Waals surface area (Å²) in [6.45, 7) is 9.98. The minimum Gasteiger partial charge on any atom is -0.311 e. The molecule has 0 spiro atoms. The van der Waals surface area contributed by atoms with Crippen molar-refractivity contribution in [1.29, 1.82) is 0 Å². The number of nitrogens with one attached hydrogen (secondary N) is 1. The van der Waals surface area contributed by atoms with E-state index >= 15 is 0 Å². The lowest BCUT2D eigenvalue weighted by atomic mass is 9.69. The van der Waals surface area contributed by atoms with E-state index in [-0.39, 0.29) is 0 Å². The lowest BCUT2D eigenvalue weighted by molar-refractivity contribution is 0.108. The van der Waals surface area contributed by atoms with Gasteiger partial charge in [0.2, 0.25) is 0 Å². The minimum atomic E-state index is 0.555. The summed E-state index contributed by atoms with van der Waals surface area (Å²) in [4.78, 5) is 0. The largest absolute Gasteiger partial charge is 0.311 e. The van der Waals surface area contributed by atoms with Gasteiger partial charge < -0.3 is 5.32 Å². The lowest BCUT2D eigenvalue weighted by Gasteiger charge is -2.42. The van der Waals surface area contributed by atoms with Gasteiger partial charge in [0.1, 0.15) is 0 Å². The van der Waals surface area contributed by atoms with E-state index in [1.807, 2.05) is 0 Å². The molecule has 3 fully saturated rings. The second kappa shape index (κ2) is 4.76. The van der Waals surface area contributed by atoms with Crippen molar-refractivity contribution in [2.24, 2.45) is 22.7 Å². The molecule has 3 aliphatic rings. The molecule has 110 valence electrons. The van der Waals surface area contributed by atoms with E-state index in [1.165, 1.54) is 51.4 Å². The summed E-state index contributed by atoms with van der Waals surface area (Å²) in [5.74, 6) is 1.99. The summed E-state index contributed by atoms with van der Waals surface area (Å²) >= 11 is 0. The zero-order valence-corrected chi connectivity index (χ0v) is 13.5. The highest BCUT2D eigenvalue weighted by atomic mass is 15.0. The highest BCUT2D eigenvalue weighted by molar-refractivity contribution is 5.13.